The van der Waals surface area contributed by atoms with E-state index >= 15 is 0 Å². The minimum Gasteiger partial charge on any atom is -0.488 e. The number of para-hydroxylation sites is 1. The Labute approximate surface area is 200 Å². The molecule has 0 aromatic heterocycles. The van der Waals surface area contributed by atoms with Crippen LogP contribution in [0.15, 0.2) is 95.9 Å². The molecule has 0 N–H and O–H groups in total. The monoisotopic (exact) mass is 471 g/mol. The van der Waals surface area contributed by atoms with E-state index in [1.807, 2.05) is 36.4 Å². The molecule has 0 saturated carbocycles. The Kier molecular flexibility index (Phi) is 5.94. The molecule has 0 unspecified atom stereocenters. The summed E-state index contributed by atoms with van der Waals surface area (Å²) in [5.74, 6) is -0.0282. The first kappa shape index (κ1) is 21.4. The van der Waals surface area contributed by atoms with Gasteiger partial charge < -0.3 is 4.74 Å². The van der Waals surface area contributed by atoms with E-state index in [9.17, 15) is 9.18 Å². The molecule has 1 aliphatic rings. The van der Waals surface area contributed by atoms with Crippen molar-refractivity contribution in [2.24, 2.45) is 0 Å². The number of halogens is 1. The summed E-state index contributed by atoms with van der Waals surface area (Å²) in [5, 5.41) is 2.34. The van der Waals surface area contributed by atoms with E-state index in [1.54, 1.807) is 18.2 Å². The molecule has 0 aliphatic carbocycles. The van der Waals surface area contributed by atoms with Gasteiger partial charge in [-0.05, 0) is 52.7 Å². The fourth-order valence-corrected chi connectivity index (χ4v) is 4.96. The molecule has 4 aromatic carbocycles. The summed E-state index contributed by atoms with van der Waals surface area (Å²) in [5.41, 5.74) is 2.25. The standard InChI is InChI=1S/C27H18FNO2S2/c28-22-9-5-10-23(16-22)29-26(30)25(33-27(29)32)15-21-8-3-4-11-24(21)31-17-18-12-13-19-6-1-2-7-20(19)14-18/h1-16H,17H2/b25-15+. The number of anilines is 1. The Bertz CT molecular complexity index is 1420. The number of thioether (sulfide) groups is 1. The van der Waals surface area contributed by atoms with Crippen LogP contribution in [-0.2, 0) is 11.4 Å². The largest absolute Gasteiger partial charge is 0.488 e. The second-order valence-corrected chi connectivity index (χ2v) is 9.18. The van der Waals surface area contributed by atoms with Crippen molar-refractivity contribution in [3.8, 4) is 5.75 Å². The molecule has 3 nitrogen and oxygen atoms in total. The first-order valence-corrected chi connectivity index (χ1v) is 11.5. The van der Waals surface area contributed by atoms with E-state index in [0.717, 1.165) is 16.5 Å². The number of hydrogen-bond acceptors (Lipinski definition) is 4. The Balaban J connectivity index is 1.38. The maximum atomic E-state index is 13.7. The first-order chi connectivity index (χ1) is 16.1. The maximum Gasteiger partial charge on any atom is 0.270 e. The minimum absolute atomic E-state index is 0.278. The first-order valence-electron chi connectivity index (χ1n) is 10.3. The van der Waals surface area contributed by atoms with Crippen LogP contribution in [-0.4, -0.2) is 10.2 Å². The van der Waals surface area contributed by atoms with E-state index in [2.05, 4.69) is 30.3 Å². The quantitative estimate of drug-likeness (QED) is 0.232. The molecule has 0 radical (unpaired) electrons. The van der Waals surface area contributed by atoms with Crippen molar-refractivity contribution < 1.29 is 13.9 Å². The van der Waals surface area contributed by atoms with Gasteiger partial charge in [-0.3, -0.25) is 9.69 Å². The van der Waals surface area contributed by atoms with Gasteiger partial charge in [-0.2, -0.15) is 0 Å². The third-order valence-corrected chi connectivity index (χ3v) is 6.58. The third-order valence-electron chi connectivity index (χ3n) is 5.27. The fraction of sp³-hybridized carbons (Fsp3) is 0.0370. The molecule has 1 fully saturated rings. The predicted octanol–water partition coefficient (Wildman–Crippen LogP) is 6.96. The number of carbonyl (C=O) groups is 1. The number of carbonyl (C=O) groups excluding carboxylic acids is 1. The summed E-state index contributed by atoms with van der Waals surface area (Å²) in [7, 11) is 0. The Morgan fingerprint density at radius 2 is 1.70 bits per heavy atom. The van der Waals surface area contributed by atoms with Crippen molar-refractivity contribution in [3.05, 3.63) is 113 Å². The van der Waals surface area contributed by atoms with Gasteiger partial charge in [0, 0.05) is 5.56 Å². The normalized spacial score (nSPS) is 14.9. The Morgan fingerprint density at radius 1 is 0.909 bits per heavy atom. The van der Waals surface area contributed by atoms with Crippen LogP contribution < -0.4 is 9.64 Å². The number of nitrogens with zero attached hydrogens (tertiary/aromatic N) is 1. The zero-order chi connectivity index (χ0) is 22.8. The van der Waals surface area contributed by atoms with Gasteiger partial charge >= 0.3 is 0 Å². The van der Waals surface area contributed by atoms with Gasteiger partial charge in [0.25, 0.3) is 5.91 Å². The third kappa shape index (κ3) is 4.53. The van der Waals surface area contributed by atoms with Crippen LogP contribution >= 0.6 is 24.0 Å². The summed E-state index contributed by atoms with van der Waals surface area (Å²) in [6.45, 7) is 0.403. The lowest BCUT2D eigenvalue weighted by Gasteiger charge is -2.14. The highest BCUT2D eigenvalue weighted by atomic mass is 32.2. The molecular formula is C27H18FNO2S2. The van der Waals surface area contributed by atoms with Crippen molar-refractivity contribution in [1.82, 2.24) is 0 Å². The summed E-state index contributed by atoms with van der Waals surface area (Å²) in [6, 6.07) is 27.8. The van der Waals surface area contributed by atoms with E-state index in [0.29, 0.717) is 27.3 Å². The molecule has 1 saturated heterocycles. The van der Waals surface area contributed by atoms with Crippen molar-refractivity contribution in [3.63, 3.8) is 0 Å². The lowest BCUT2D eigenvalue weighted by atomic mass is 10.1. The Morgan fingerprint density at radius 3 is 2.55 bits per heavy atom. The van der Waals surface area contributed by atoms with Crippen LogP contribution in [0.2, 0.25) is 0 Å². The molecular weight excluding hydrogens is 453 g/mol. The lowest BCUT2D eigenvalue weighted by Crippen LogP contribution is -2.27. The molecule has 4 aromatic rings. The van der Waals surface area contributed by atoms with Crippen LogP contribution in [0, 0.1) is 5.82 Å². The molecule has 6 heteroatoms. The average molecular weight is 472 g/mol. The smallest absolute Gasteiger partial charge is 0.270 e. The van der Waals surface area contributed by atoms with Crippen molar-refractivity contribution in [2.45, 2.75) is 6.61 Å². The number of thiocarbonyl (C=S) groups is 1. The SMILES string of the molecule is O=C1/C(=C\c2ccccc2OCc2ccc3ccccc3c2)SC(=S)N1c1cccc(F)c1. The van der Waals surface area contributed by atoms with Crippen LogP contribution in [0.3, 0.4) is 0 Å². The van der Waals surface area contributed by atoms with E-state index in [1.165, 1.54) is 34.2 Å². The fourth-order valence-electron chi connectivity index (χ4n) is 3.67. The molecule has 0 spiro atoms. The number of hydrogen-bond donors (Lipinski definition) is 0. The van der Waals surface area contributed by atoms with E-state index < -0.39 is 5.82 Å². The van der Waals surface area contributed by atoms with Gasteiger partial charge in [-0.25, -0.2) is 4.39 Å². The second kappa shape index (κ2) is 9.17. The summed E-state index contributed by atoms with van der Waals surface area (Å²) in [6.07, 6.45) is 1.77. The molecule has 33 heavy (non-hydrogen) atoms. The van der Waals surface area contributed by atoms with Crippen LogP contribution in [0.1, 0.15) is 11.1 Å². The van der Waals surface area contributed by atoms with Crippen LogP contribution in [0.5, 0.6) is 5.75 Å². The lowest BCUT2D eigenvalue weighted by molar-refractivity contribution is -0.113. The minimum atomic E-state index is -0.419. The molecule has 1 heterocycles. The topological polar surface area (TPSA) is 29.5 Å². The predicted molar refractivity (Wildman–Crippen MR) is 137 cm³/mol. The molecule has 5 rings (SSSR count). The Hall–Kier alpha value is -3.48. The highest BCUT2D eigenvalue weighted by Crippen LogP contribution is 2.37. The second-order valence-electron chi connectivity index (χ2n) is 7.50. The van der Waals surface area contributed by atoms with Gasteiger partial charge in [0.2, 0.25) is 0 Å². The summed E-state index contributed by atoms with van der Waals surface area (Å²) in [4.78, 5) is 14.9. The number of benzene rings is 4. The number of fused-ring (bicyclic) bond motifs is 1. The zero-order valence-corrected chi connectivity index (χ0v) is 19.0. The van der Waals surface area contributed by atoms with Gasteiger partial charge in [-0.1, -0.05) is 84.6 Å². The van der Waals surface area contributed by atoms with Gasteiger partial charge in [-0.15, -0.1) is 0 Å². The van der Waals surface area contributed by atoms with E-state index in [-0.39, 0.29) is 5.91 Å². The van der Waals surface area contributed by atoms with Crippen molar-refractivity contribution >= 4 is 56.7 Å². The van der Waals surface area contributed by atoms with Crippen molar-refractivity contribution in [2.75, 3.05) is 4.90 Å². The summed E-state index contributed by atoms with van der Waals surface area (Å²) < 4.78 is 20.1. The summed E-state index contributed by atoms with van der Waals surface area (Å²) >= 11 is 6.59. The highest BCUT2D eigenvalue weighted by molar-refractivity contribution is 8.27. The van der Waals surface area contributed by atoms with Crippen molar-refractivity contribution in [1.29, 1.82) is 0 Å². The molecule has 1 aliphatic heterocycles. The number of ether oxygens (including phenoxy) is 1. The van der Waals surface area contributed by atoms with Gasteiger partial charge in [0.05, 0.1) is 10.6 Å². The molecule has 0 atom stereocenters. The zero-order valence-electron chi connectivity index (χ0n) is 17.4. The van der Waals surface area contributed by atoms with Gasteiger partial charge in [0.1, 0.15) is 18.2 Å². The molecule has 0 bridgehead atoms. The van der Waals surface area contributed by atoms with Gasteiger partial charge in [0.15, 0.2) is 4.32 Å². The highest BCUT2D eigenvalue weighted by Gasteiger charge is 2.33. The average Bonchev–Trinajstić information content (AvgIpc) is 3.11. The molecule has 162 valence electrons. The van der Waals surface area contributed by atoms with Crippen LogP contribution in [0.25, 0.3) is 16.8 Å². The van der Waals surface area contributed by atoms with E-state index in [4.69, 9.17) is 17.0 Å². The molecule has 1 amide bonds. The number of amides is 1. The maximum absolute atomic E-state index is 13.7. The number of rotatable bonds is 5. The van der Waals surface area contributed by atoms with Crippen LogP contribution in [0.4, 0.5) is 10.1 Å².